The van der Waals surface area contributed by atoms with Crippen LogP contribution in [0.3, 0.4) is 0 Å². The average molecular weight is 1440 g/mol. The van der Waals surface area contributed by atoms with Crippen molar-refractivity contribution >= 4 is 39.5 Å². The topological polar surface area (TPSA) is 237 Å². The van der Waals surface area contributed by atoms with Gasteiger partial charge in [0, 0.05) is 25.7 Å². The summed E-state index contributed by atoms with van der Waals surface area (Å²) in [4.78, 5) is 72.9. The molecule has 98 heavy (non-hydrogen) atoms. The van der Waals surface area contributed by atoms with Crippen LogP contribution in [0.5, 0.6) is 0 Å². The van der Waals surface area contributed by atoms with Gasteiger partial charge in [-0.3, -0.25) is 37.3 Å². The van der Waals surface area contributed by atoms with E-state index >= 15 is 0 Å². The Hall–Kier alpha value is -1.94. The quantitative estimate of drug-likeness (QED) is 0.0222. The van der Waals surface area contributed by atoms with Gasteiger partial charge in [-0.05, 0) is 49.4 Å². The highest BCUT2D eigenvalue weighted by Crippen LogP contribution is 2.45. The predicted molar refractivity (Wildman–Crippen MR) is 400 cm³/mol. The Balaban J connectivity index is 5.23. The molecule has 3 unspecified atom stereocenters. The summed E-state index contributed by atoms with van der Waals surface area (Å²) in [6.45, 7) is 14.2. The number of hydrogen-bond donors (Lipinski definition) is 3. The summed E-state index contributed by atoms with van der Waals surface area (Å²) >= 11 is 0. The Bertz CT molecular complexity index is 1920. The fraction of sp³-hybridized carbons (Fsp3) is 0.949. The van der Waals surface area contributed by atoms with E-state index in [9.17, 15) is 43.2 Å². The third-order valence-corrected chi connectivity index (χ3v) is 20.2. The summed E-state index contributed by atoms with van der Waals surface area (Å²) in [5.41, 5.74) is 0. The number of ether oxygens (including phenoxy) is 4. The van der Waals surface area contributed by atoms with E-state index in [1.807, 2.05) is 0 Å². The summed E-state index contributed by atoms with van der Waals surface area (Å²) in [6.07, 6.45) is 54.2. The Labute approximate surface area is 600 Å². The number of carbonyl (C=O) groups is 4. The summed E-state index contributed by atoms with van der Waals surface area (Å²) in [5, 5.41) is 10.6. The van der Waals surface area contributed by atoms with Gasteiger partial charge < -0.3 is 33.8 Å². The van der Waals surface area contributed by atoms with Gasteiger partial charge >= 0.3 is 39.5 Å². The molecule has 0 aliphatic rings. The SMILES string of the molecule is CC(C)CCCCCCCCCCCCCCCCCCC(=O)O[C@H](COC(=O)CCCCCCCCCCCCC(C)C)COP(=O)(O)OCC(O)COP(=O)(O)OC[C@@H](COC(=O)CCCCCCCCCC(C)C)OC(=O)CCCCCCCCCCCCCCCC(C)C. The second-order valence-corrected chi connectivity index (χ2v) is 33.3. The number of aliphatic hydroxyl groups excluding tert-OH is 1. The van der Waals surface area contributed by atoms with Crippen molar-refractivity contribution in [1.29, 1.82) is 0 Å². The van der Waals surface area contributed by atoms with Gasteiger partial charge in [0.25, 0.3) is 0 Å². The zero-order valence-electron chi connectivity index (χ0n) is 64.4. The monoisotopic (exact) mass is 1440 g/mol. The lowest BCUT2D eigenvalue weighted by Gasteiger charge is -2.21. The molecular formula is C79H154O17P2. The molecule has 0 aromatic rings. The van der Waals surface area contributed by atoms with Crippen LogP contribution < -0.4 is 0 Å². The standard InChI is InChI=1S/C79H154O17P2/c1-69(2)55-47-39-31-24-18-14-11-9-10-12-16-20-28-36-45-53-61-78(83)95-74(65-89-76(81)59-51-43-35-27-23-22-26-33-41-49-57-71(5)6)67-93-97(85,86)91-63-73(80)64-92-98(87,88)94-68-75(66-90-77(82)60-52-44-38-30-34-42-50-58-72(7)8)96-79(84)62-54-46-37-29-21-17-13-15-19-25-32-40-48-56-70(3)4/h69-75,80H,9-68H2,1-8H3,(H,85,86)(H,87,88)/t73?,74-,75-/m1/s1. The highest BCUT2D eigenvalue weighted by molar-refractivity contribution is 7.47. The van der Waals surface area contributed by atoms with Crippen LogP contribution in [0, 0.1) is 23.7 Å². The molecule has 3 N–H and O–H groups in total. The minimum Gasteiger partial charge on any atom is -0.462 e. The third-order valence-electron chi connectivity index (χ3n) is 18.3. The van der Waals surface area contributed by atoms with Crippen molar-refractivity contribution in [3.8, 4) is 0 Å². The van der Waals surface area contributed by atoms with Crippen LogP contribution in [0.25, 0.3) is 0 Å². The predicted octanol–water partition coefficient (Wildman–Crippen LogP) is 23.2. The van der Waals surface area contributed by atoms with Crippen LogP contribution in [-0.4, -0.2) is 96.7 Å². The van der Waals surface area contributed by atoms with Crippen LogP contribution in [-0.2, 0) is 65.4 Å². The summed E-state index contributed by atoms with van der Waals surface area (Å²) in [6, 6.07) is 0. The van der Waals surface area contributed by atoms with Crippen LogP contribution >= 0.6 is 15.6 Å². The van der Waals surface area contributed by atoms with Crippen molar-refractivity contribution in [3.05, 3.63) is 0 Å². The van der Waals surface area contributed by atoms with E-state index in [0.29, 0.717) is 31.6 Å². The molecule has 0 rings (SSSR count). The molecule has 5 atom stereocenters. The normalized spacial score (nSPS) is 14.1. The fourth-order valence-electron chi connectivity index (χ4n) is 12.1. The zero-order valence-corrected chi connectivity index (χ0v) is 66.2. The first-order chi connectivity index (χ1) is 47.1. The summed E-state index contributed by atoms with van der Waals surface area (Å²) in [7, 11) is -9.92. The molecule has 0 aliphatic carbocycles. The number of phosphoric ester groups is 2. The molecule has 0 saturated carbocycles. The van der Waals surface area contributed by atoms with Crippen molar-refractivity contribution in [1.82, 2.24) is 0 Å². The maximum atomic E-state index is 13.1. The van der Waals surface area contributed by atoms with Crippen LogP contribution in [0.2, 0.25) is 0 Å². The van der Waals surface area contributed by atoms with Crippen molar-refractivity contribution in [2.75, 3.05) is 39.6 Å². The number of esters is 4. The van der Waals surface area contributed by atoms with Crippen LogP contribution in [0.1, 0.15) is 402 Å². The van der Waals surface area contributed by atoms with Gasteiger partial charge in [0.1, 0.15) is 19.3 Å². The second-order valence-electron chi connectivity index (χ2n) is 30.4. The first kappa shape index (κ1) is 96.1. The number of hydrogen-bond acceptors (Lipinski definition) is 15. The highest BCUT2D eigenvalue weighted by Gasteiger charge is 2.30. The summed E-state index contributed by atoms with van der Waals surface area (Å²) in [5.74, 6) is 0.942. The molecular weight excluding hydrogens is 1280 g/mol. The third kappa shape index (κ3) is 72.4. The minimum absolute atomic E-state index is 0.106. The lowest BCUT2D eigenvalue weighted by atomic mass is 10.0. The van der Waals surface area contributed by atoms with Gasteiger partial charge in [0.2, 0.25) is 0 Å². The highest BCUT2D eigenvalue weighted by atomic mass is 31.2. The molecule has 0 radical (unpaired) electrons. The van der Waals surface area contributed by atoms with Crippen LogP contribution in [0.4, 0.5) is 0 Å². The van der Waals surface area contributed by atoms with Gasteiger partial charge in [0.15, 0.2) is 12.2 Å². The molecule has 0 aromatic heterocycles. The van der Waals surface area contributed by atoms with Gasteiger partial charge in [0.05, 0.1) is 26.4 Å². The average Bonchev–Trinajstić information content (AvgIpc) is 1.10. The summed E-state index contributed by atoms with van der Waals surface area (Å²) < 4.78 is 68.6. The lowest BCUT2D eigenvalue weighted by molar-refractivity contribution is -0.161. The van der Waals surface area contributed by atoms with Crippen molar-refractivity contribution in [2.45, 2.75) is 420 Å². The first-order valence-electron chi connectivity index (χ1n) is 40.7. The van der Waals surface area contributed by atoms with Crippen LogP contribution in [0.15, 0.2) is 0 Å². The maximum absolute atomic E-state index is 13.1. The molecule has 17 nitrogen and oxygen atoms in total. The molecule has 0 aromatic carbocycles. The van der Waals surface area contributed by atoms with Gasteiger partial charge in [-0.25, -0.2) is 9.13 Å². The van der Waals surface area contributed by atoms with Crippen molar-refractivity contribution < 1.29 is 80.2 Å². The number of carbonyl (C=O) groups excluding carboxylic acids is 4. The van der Waals surface area contributed by atoms with E-state index in [2.05, 4.69) is 55.4 Å². The Kier molecular flexibility index (Phi) is 66.8. The van der Waals surface area contributed by atoms with E-state index in [0.717, 1.165) is 114 Å². The molecule has 0 saturated heterocycles. The van der Waals surface area contributed by atoms with Crippen molar-refractivity contribution in [2.24, 2.45) is 23.7 Å². The number of phosphoric acid groups is 2. The van der Waals surface area contributed by atoms with E-state index in [-0.39, 0.29) is 25.7 Å². The van der Waals surface area contributed by atoms with E-state index in [4.69, 9.17) is 37.0 Å². The fourth-order valence-corrected chi connectivity index (χ4v) is 13.7. The van der Waals surface area contributed by atoms with E-state index in [1.54, 1.807) is 0 Å². The number of aliphatic hydroxyl groups is 1. The smallest absolute Gasteiger partial charge is 0.462 e. The van der Waals surface area contributed by atoms with Crippen molar-refractivity contribution in [3.63, 3.8) is 0 Å². The second kappa shape index (κ2) is 68.2. The number of unbranched alkanes of at least 4 members (excludes halogenated alkanes) is 42. The van der Waals surface area contributed by atoms with E-state index < -0.39 is 97.5 Å². The molecule has 0 amide bonds. The first-order valence-corrected chi connectivity index (χ1v) is 43.7. The molecule has 19 heteroatoms. The molecule has 0 fully saturated rings. The van der Waals surface area contributed by atoms with E-state index in [1.165, 1.54) is 199 Å². The number of rotatable bonds is 76. The molecule has 0 aliphatic heterocycles. The van der Waals surface area contributed by atoms with Gasteiger partial charge in [-0.2, -0.15) is 0 Å². The molecule has 0 spiro atoms. The lowest BCUT2D eigenvalue weighted by Crippen LogP contribution is -2.30. The zero-order chi connectivity index (χ0) is 72.4. The van der Waals surface area contributed by atoms with Gasteiger partial charge in [-0.15, -0.1) is 0 Å². The Morgan fingerprint density at radius 2 is 0.429 bits per heavy atom. The Morgan fingerprint density at radius 3 is 0.633 bits per heavy atom. The van der Waals surface area contributed by atoms with Gasteiger partial charge in [-0.1, -0.05) is 351 Å². The minimum atomic E-state index is -4.96. The maximum Gasteiger partial charge on any atom is 0.472 e. The molecule has 0 bridgehead atoms. The Morgan fingerprint density at radius 1 is 0.255 bits per heavy atom. The molecule has 0 heterocycles. The largest absolute Gasteiger partial charge is 0.472 e. The molecule has 582 valence electrons.